The first kappa shape index (κ1) is 17.8. The summed E-state index contributed by atoms with van der Waals surface area (Å²) in [6.07, 6.45) is 1.90. The molecule has 6 heteroatoms. The summed E-state index contributed by atoms with van der Waals surface area (Å²) in [7, 11) is 4.11. The molecule has 0 aromatic carbocycles. The van der Waals surface area contributed by atoms with Gasteiger partial charge in [0.1, 0.15) is 0 Å². The van der Waals surface area contributed by atoms with Gasteiger partial charge in [-0.3, -0.25) is 4.79 Å². The molecule has 6 nitrogen and oxygen atoms in total. The van der Waals surface area contributed by atoms with Crippen molar-refractivity contribution in [3.8, 4) is 0 Å². The van der Waals surface area contributed by atoms with Crippen molar-refractivity contribution in [3.05, 3.63) is 0 Å². The van der Waals surface area contributed by atoms with Crippen LogP contribution in [0.1, 0.15) is 40.5 Å². The summed E-state index contributed by atoms with van der Waals surface area (Å²) in [5.74, 6) is -0.917. The third-order valence-corrected chi connectivity index (χ3v) is 5.00. The number of aliphatic carboxylic acids is 1. The Bertz CT molecular complexity index is 397. The zero-order valence-corrected chi connectivity index (χ0v) is 14.1. The van der Waals surface area contributed by atoms with Crippen LogP contribution in [-0.2, 0) is 4.79 Å². The highest BCUT2D eigenvalue weighted by molar-refractivity contribution is 5.79. The van der Waals surface area contributed by atoms with Gasteiger partial charge in [0.25, 0.3) is 0 Å². The van der Waals surface area contributed by atoms with Gasteiger partial charge < -0.3 is 20.2 Å². The van der Waals surface area contributed by atoms with E-state index >= 15 is 0 Å². The minimum Gasteiger partial charge on any atom is -0.481 e. The average Bonchev–Trinajstić information content (AvgIpc) is 2.37. The molecule has 1 aliphatic heterocycles. The number of likely N-dealkylation sites (tertiary alicyclic amines) is 1. The largest absolute Gasteiger partial charge is 0.481 e. The first-order chi connectivity index (χ1) is 9.49. The van der Waals surface area contributed by atoms with Crippen molar-refractivity contribution in [2.75, 3.05) is 27.2 Å². The minimum absolute atomic E-state index is 0.175. The number of nitrogens with zero attached hydrogens (tertiary/aromatic N) is 2. The van der Waals surface area contributed by atoms with Crippen LogP contribution in [0.5, 0.6) is 0 Å². The maximum atomic E-state index is 12.4. The number of carbonyl (C=O) groups excluding carboxylic acids is 1. The molecule has 0 aliphatic carbocycles. The molecule has 0 atom stereocenters. The Morgan fingerprint density at radius 3 is 2.00 bits per heavy atom. The molecule has 2 N–H and O–H groups in total. The highest BCUT2D eigenvalue weighted by Gasteiger charge is 2.45. The second kappa shape index (κ2) is 6.22. The quantitative estimate of drug-likeness (QED) is 0.827. The van der Waals surface area contributed by atoms with Gasteiger partial charge in [-0.15, -0.1) is 0 Å². The van der Waals surface area contributed by atoms with Crippen molar-refractivity contribution in [2.45, 2.75) is 52.1 Å². The van der Waals surface area contributed by atoms with Crippen LogP contribution in [-0.4, -0.2) is 65.7 Å². The van der Waals surface area contributed by atoms with E-state index in [9.17, 15) is 14.7 Å². The van der Waals surface area contributed by atoms with Crippen molar-refractivity contribution < 1.29 is 14.7 Å². The number of carboxylic acids is 1. The molecule has 0 spiro atoms. The number of hydrogen-bond acceptors (Lipinski definition) is 3. The fourth-order valence-electron chi connectivity index (χ4n) is 2.36. The highest BCUT2D eigenvalue weighted by atomic mass is 16.4. The molecular weight excluding hydrogens is 270 g/mol. The number of piperidine rings is 1. The van der Waals surface area contributed by atoms with E-state index in [1.807, 2.05) is 0 Å². The lowest BCUT2D eigenvalue weighted by molar-refractivity contribution is -0.150. The van der Waals surface area contributed by atoms with Gasteiger partial charge in [0.2, 0.25) is 0 Å². The van der Waals surface area contributed by atoms with Crippen LogP contribution < -0.4 is 5.32 Å². The van der Waals surface area contributed by atoms with E-state index in [0.717, 1.165) is 12.8 Å². The Labute approximate surface area is 127 Å². The van der Waals surface area contributed by atoms with E-state index in [2.05, 4.69) is 24.3 Å². The van der Waals surface area contributed by atoms with E-state index in [-0.39, 0.29) is 6.03 Å². The Kier molecular flexibility index (Phi) is 5.25. The summed E-state index contributed by atoms with van der Waals surface area (Å²) in [6, 6.07) is 0.337. The van der Waals surface area contributed by atoms with E-state index in [1.165, 1.54) is 0 Å². The number of amides is 2. The smallest absolute Gasteiger partial charge is 0.317 e. The molecule has 0 aromatic heterocycles. The van der Waals surface area contributed by atoms with Crippen LogP contribution in [0.15, 0.2) is 0 Å². The van der Waals surface area contributed by atoms with Gasteiger partial charge in [0.05, 0.1) is 11.0 Å². The first-order valence-corrected chi connectivity index (χ1v) is 7.46. The molecule has 1 rings (SSSR count). The van der Waals surface area contributed by atoms with Gasteiger partial charge in [-0.05, 0) is 54.6 Å². The summed E-state index contributed by atoms with van der Waals surface area (Å²) >= 11 is 0. The summed E-state index contributed by atoms with van der Waals surface area (Å²) in [4.78, 5) is 27.7. The van der Waals surface area contributed by atoms with Crippen LogP contribution in [0.25, 0.3) is 0 Å². The molecule has 0 saturated carbocycles. The minimum atomic E-state index is -1.04. The first-order valence-electron chi connectivity index (χ1n) is 7.46. The van der Waals surface area contributed by atoms with Gasteiger partial charge in [0.15, 0.2) is 0 Å². The van der Waals surface area contributed by atoms with E-state index in [0.29, 0.717) is 19.1 Å². The maximum absolute atomic E-state index is 12.4. The lowest BCUT2D eigenvalue weighted by Crippen LogP contribution is -2.60. The predicted molar refractivity (Wildman–Crippen MR) is 82.3 cm³/mol. The summed E-state index contributed by atoms with van der Waals surface area (Å²) in [5.41, 5.74) is -1.86. The molecule has 0 radical (unpaired) electrons. The highest BCUT2D eigenvalue weighted by Crippen LogP contribution is 2.31. The summed E-state index contributed by atoms with van der Waals surface area (Å²) in [5, 5.41) is 12.2. The molecule has 1 heterocycles. The molecule has 2 amide bonds. The van der Waals surface area contributed by atoms with E-state index in [4.69, 9.17) is 0 Å². The summed E-state index contributed by atoms with van der Waals surface area (Å²) < 4.78 is 0. The number of nitrogens with one attached hydrogen (secondary N) is 1. The fourth-order valence-corrected chi connectivity index (χ4v) is 2.36. The van der Waals surface area contributed by atoms with Gasteiger partial charge in [-0.2, -0.15) is 0 Å². The van der Waals surface area contributed by atoms with Crippen molar-refractivity contribution >= 4 is 12.0 Å². The number of carboxylic acid groups (broad SMARTS) is 1. The topological polar surface area (TPSA) is 72.9 Å². The van der Waals surface area contributed by atoms with Gasteiger partial charge in [0, 0.05) is 19.1 Å². The monoisotopic (exact) mass is 299 g/mol. The molecule has 1 fully saturated rings. The molecule has 122 valence electrons. The number of urea groups is 1. The number of rotatable bonds is 4. The Balaban J connectivity index is 2.64. The normalized spacial score (nSPS) is 18.0. The molecule has 0 aromatic rings. The second-order valence-electron chi connectivity index (χ2n) is 7.17. The van der Waals surface area contributed by atoms with Crippen LogP contribution in [0.4, 0.5) is 4.79 Å². The maximum Gasteiger partial charge on any atom is 0.317 e. The molecule has 21 heavy (non-hydrogen) atoms. The van der Waals surface area contributed by atoms with Crippen molar-refractivity contribution in [2.24, 2.45) is 5.41 Å². The van der Waals surface area contributed by atoms with Crippen molar-refractivity contribution in [1.29, 1.82) is 0 Å². The Hall–Kier alpha value is -1.30. The Morgan fingerprint density at radius 1 is 1.14 bits per heavy atom. The third-order valence-electron chi connectivity index (χ3n) is 5.00. The van der Waals surface area contributed by atoms with Crippen LogP contribution in [0, 0.1) is 5.41 Å². The van der Waals surface area contributed by atoms with Crippen LogP contribution in [0.2, 0.25) is 0 Å². The van der Waals surface area contributed by atoms with E-state index < -0.39 is 16.9 Å². The zero-order valence-electron chi connectivity index (χ0n) is 14.1. The molecule has 1 aliphatic rings. The standard InChI is InChI=1S/C15H29N3O3/c1-14(2,12(19)20)15(3,4)16-13(21)18-9-7-11(8-10-18)17(5)6/h11H,7-10H2,1-6H3,(H,16,21)(H,19,20). The van der Waals surface area contributed by atoms with Crippen LogP contribution >= 0.6 is 0 Å². The van der Waals surface area contributed by atoms with Crippen molar-refractivity contribution in [3.63, 3.8) is 0 Å². The lowest BCUT2D eigenvalue weighted by atomic mass is 9.74. The molecular formula is C15H29N3O3. The third kappa shape index (κ3) is 3.87. The average molecular weight is 299 g/mol. The van der Waals surface area contributed by atoms with Crippen molar-refractivity contribution in [1.82, 2.24) is 15.1 Å². The number of carbonyl (C=O) groups is 2. The number of hydrogen-bond donors (Lipinski definition) is 2. The molecule has 0 bridgehead atoms. The van der Waals surface area contributed by atoms with Gasteiger partial charge in [-0.25, -0.2) is 4.79 Å². The van der Waals surface area contributed by atoms with Gasteiger partial charge in [-0.1, -0.05) is 0 Å². The molecule has 1 saturated heterocycles. The Morgan fingerprint density at radius 2 is 1.62 bits per heavy atom. The second-order valence-corrected chi connectivity index (χ2v) is 7.17. The lowest BCUT2D eigenvalue weighted by Gasteiger charge is -2.41. The zero-order chi connectivity index (χ0) is 16.4. The van der Waals surface area contributed by atoms with Gasteiger partial charge >= 0.3 is 12.0 Å². The summed E-state index contributed by atoms with van der Waals surface area (Å²) in [6.45, 7) is 8.19. The SMILES string of the molecule is CN(C)C1CCN(C(=O)NC(C)(C)C(C)(C)C(=O)O)CC1. The predicted octanol–water partition coefficient (Wildman–Crippen LogP) is 1.61. The van der Waals surface area contributed by atoms with Crippen LogP contribution in [0.3, 0.4) is 0 Å². The fraction of sp³-hybridized carbons (Fsp3) is 0.867. The van der Waals surface area contributed by atoms with E-state index in [1.54, 1.807) is 32.6 Å². The molecule has 0 unspecified atom stereocenters.